The predicted octanol–water partition coefficient (Wildman–Crippen LogP) is 1.85. The SMILES string of the molecule is CCOC(=O)C(CNCC1CCNCC1)C(O)c1cc(-c2ccc(O)cc2)no1. The molecule has 1 aliphatic rings. The number of carbonyl (C=O) groups is 1. The molecule has 2 heterocycles. The van der Waals surface area contributed by atoms with E-state index in [2.05, 4.69) is 15.8 Å². The molecule has 8 heteroatoms. The fraction of sp³-hybridized carbons (Fsp3) is 0.524. The van der Waals surface area contributed by atoms with E-state index in [1.807, 2.05) is 0 Å². The molecule has 29 heavy (non-hydrogen) atoms. The zero-order valence-corrected chi connectivity index (χ0v) is 16.6. The molecule has 2 unspecified atom stereocenters. The van der Waals surface area contributed by atoms with Gasteiger partial charge in [0.05, 0.1) is 6.61 Å². The van der Waals surface area contributed by atoms with Crippen molar-refractivity contribution in [3.8, 4) is 17.0 Å². The maximum Gasteiger partial charge on any atom is 0.313 e. The number of hydrogen-bond donors (Lipinski definition) is 4. The third kappa shape index (κ3) is 5.79. The van der Waals surface area contributed by atoms with Gasteiger partial charge < -0.3 is 30.1 Å². The molecule has 1 fully saturated rings. The first-order chi connectivity index (χ1) is 14.1. The number of piperidine rings is 1. The van der Waals surface area contributed by atoms with Crippen molar-refractivity contribution in [1.82, 2.24) is 15.8 Å². The van der Waals surface area contributed by atoms with Crippen LogP contribution in [0.25, 0.3) is 11.3 Å². The van der Waals surface area contributed by atoms with Crippen LogP contribution in [0, 0.1) is 11.8 Å². The largest absolute Gasteiger partial charge is 0.508 e. The molecule has 0 aliphatic carbocycles. The Morgan fingerprint density at radius 1 is 1.34 bits per heavy atom. The summed E-state index contributed by atoms with van der Waals surface area (Å²) in [6, 6.07) is 8.11. The van der Waals surface area contributed by atoms with Crippen molar-refractivity contribution in [2.75, 3.05) is 32.8 Å². The standard InChI is InChI=1S/C21H29N3O5/c1-2-28-21(27)17(13-23-12-14-7-9-22-10-8-14)20(26)19-11-18(24-29-19)15-3-5-16(25)6-4-15/h3-6,11,14,17,20,22-23,25-26H,2,7-10,12-13H2,1H3. The van der Waals surface area contributed by atoms with Crippen LogP contribution in [-0.2, 0) is 9.53 Å². The third-order valence-electron chi connectivity index (χ3n) is 5.21. The second kappa shape index (κ2) is 10.4. The van der Waals surface area contributed by atoms with Gasteiger partial charge in [0.2, 0.25) is 0 Å². The van der Waals surface area contributed by atoms with E-state index in [4.69, 9.17) is 9.26 Å². The van der Waals surface area contributed by atoms with Crippen LogP contribution < -0.4 is 10.6 Å². The van der Waals surface area contributed by atoms with Crippen molar-refractivity contribution in [2.45, 2.75) is 25.9 Å². The van der Waals surface area contributed by atoms with Gasteiger partial charge in [0.1, 0.15) is 23.5 Å². The zero-order valence-electron chi connectivity index (χ0n) is 16.6. The van der Waals surface area contributed by atoms with E-state index in [0.29, 0.717) is 18.2 Å². The first-order valence-electron chi connectivity index (χ1n) is 10.1. The summed E-state index contributed by atoms with van der Waals surface area (Å²) < 4.78 is 10.5. The number of hydrogen-bond acceptors (Lipinski definition) is 8. The van der Waals surface area contributed by atoms with Gasteiger partial charge in [0.25, 0.3) is 0 Å². The Morgan fingerprint density at radius 3 is 2.76 bits per heavy atom. The average Bonchev–Trinajstić information content (AvgIpc) is 3.22. The van der Waals surface area contributed by atoms with Gasteiger partial charge in [0, 0.05) is 18.2 Å². The molecule has 0 saturated carbocycles. The minimum atomic E-state index is -1.17. The zero-order chi connectivity index (χ0) is 20.6. The molecular weight excluding hydrogens is 374 g/mol. The number of carbonyl (C=O) groups excluding carboxylic acids is 1. The lowest BCUT2D eigenvalue weighted by molar-refractivity contribution is -0.152. The highest BCUT2D eigenvalue weighted by Crippen LogP contribution is 2.28. The Labute approximate surface area is 170 Å². The fourth-order valence-electron chi connectivity index (χ4n) is 3.50. The van der Waals surface area contributed by atoms with Crippen molar-refractivity contribution < 1.29 is 24.3 Å². The average molecular weight is 403 g/mol. The molecular formula is C21H29N3O5. The molecule has 8 nitrogen and oxygen atoms in total. The van der Waals surface area contributed by atoms with Gasteiger partial charge in [-0.2, -0.15) is 0 Å². The molecule has 158 valence electrons. The molecule has 1 aromatic carbocycles. The van der Waals surface area contributed by atoms with Gasteiger partial charge in [-0.05, 0) is 69.6 Å². The molecule has 0 amide bonds. The molecule has 4 N–H and O–H groups in total. The summed E-state index contributed by atoms with van der Waals surface area (Å²) in [7, 11) is 0. The molecule has 2 aromatic rings. The van der Waals surface area contributed by atoms with Crippen LogP contribution in [0.2, 0.25) is 0 Å². The number of aliphatic hydroxyl groups is 1. The Morgan fingerprint density at radius 2 is 2.07 bits per heavy atom. The number of nitrogens with zero attached hydrogens (tertiary/aromatic N) is 1. The van der Waals surface area contributed by atoms with Crippen molar-refractivity contribution in [1.29, 1.82) is 0 Å². The summed E-state index contributed by atoms with van der Waals surface area (Å²) in [6.07, 6.45) is 1.02. The predicted molar refractivity (Wildman–Crippen MR) is 107 cm³/mol. The van der Waals surface area contributed by atoms with E-state index in [0.717, 1.165) is 38.0 Å². The van der Waals surface area contributed by atoms with E-state index in [1.165, 1.54) is 0 Å². The summed E-state index contributed by atoms with van der Waals surface area (Å²) in [5.41, 5.74) is 1.26. The fourth-order valence-corrected chi connectivity index (χ4v) is 3.50. The Kier molecular flexibility index (Phi) is 7.62. The summed E-state index contributed by atoms with van der Waals surface area (Å²) in [4.78, 5) is 12.4. The second-order valence-corrected chi connectivity index (χ2v) is 7.32. The summed E-state index contributed by atoms with van der Waals surface area (Å²) in [6.45, 7) is 5.08. The van der Waals surface area contributed by atoms with Crippen LogP contribution in [0.3, 0.4) is 0 Å². The highest BCUT2D eigenvalue weighted by molar-refractivity contribution is 5.73. The monoisotopic (exact) mass is 403 g/mol. The van der Waals surface area contributed by atoms with Gasteiger partial charge in [-0.1, -0.05) is 5.16 Å². The maximum atomic E-state index is 12.4. The van der Waals surface area contributed by atoms with Gasteiger partial charge >= 0.3 is 5.97 Å². The number of phenols is 1. The molecule has 2 atom stereocenters. The highest BCUT2D eigenvalue weighted by atomic mass is 16.5. The van der Waals surface area contributed by atoms with Crippen LogP contribution in [0.1, 0.15) is 31.6 Å². The number of nitrogens with one attached hydrogen (secondary N) is 2. The van der Waals surface area contributed by atoms with Crippen molar-refractivity contribution in [2.24, 2.45) is 11.8 Å². The van der Waals surface area contributed by atoms with Crippen LogP contribution in [0.5, 0.6) is 5.75 Å². The van der Waals surface area contributed by atoms with E-state index >= 15 is 0 Å². The molecule has 1 aliphatic heterocycles. The smallest absolute Gasteiger partial charge is 0.313 e. The van der Waals surface area contributed by atoms with Crippen molar-refractivity contribution >= 4 is 5.97 Å². The normalized spacial score (nSPS) is 17.0. The maximum absolute atomic E-state index is 12.4. The number of phenolic OH excluding ortho intramolecular Hbond substituents is 1. The Bertz CT molecular complexity index is 771. The van der Waals surface area contributed by atoms with Gasteiger partial charge in [-0.25, -0.2) is 0 Å². The summed E-state index contributed by atoms with van der Waals surface area (Å²) >= 11 is 0. The van der Waals surface area contributed by atoms with Crippen LogP contribution in [0.15, 0.2) is 34.9 Å². The minimum Gasteiger partial charge on any atom is -0.508 e. The number of benzene rings is 1. The minimum absolute atomic E-state index is 0.152. The lowest BCUT2D eigenvalue weighted by Crippen LogP contribution is -2.38. The number of ether oxygens (including phenoxy) is 1. The highest BCUT2D eigenvalue weighted by Gasteiger charge is 2.32. The van der Waals surface area contributed by atoms with E-state index in [-0.39, 0.29) is 18.1 Å². The molecule has 3 rings (SSSR count). The topological polar surface area (TPSA) is 117 Å². The molecule has 1 aromatic heterocycles. The first-order valence-corrected chi connectivity index (χ1v) is 10.1. The molecule has 0 radical (unpaired) electrons. The van der Waals surface area contributed by atoms with E-state index in [9.17, 15) is 15.0 Å². The quantitative estimate of drug-likeness (QED) is 0.469. The number of aliphatic hydroxyl groups excluding tert-OH is 1. The Balaban J connectivity index is 1.66. The Hall–Kier alpha value is -2.42. The van der Waals surface area contributed by atoms with Crippen LogP contribution >= 0.6 is 0 Å². The lowest BCUT2D eigenvalue weighted by Gasteiger charge is -2.25. The lowest BCUT2D eigenvalue weighted by atomic mass is 9.96. The number of rotatable bonds is 9. The first kappa shape index (κ1) is 21.3. The second-order valence-electron chi connectivity index (χ2n) is 7.32. The van der Waals surface area contributed by atoms with E-state index < -0.39 is 18.0 Å². The van der Waals surface area contributed by atoms with Gasteiger partial charge in [-0.3, -0.25) is 4.79 Å². The third-order valence-corrected chi connectivity index (χ3v) is 5.21. The number of aromatic nitrogens is 1. The van der Waals surface area contributed by atoms with Crippen LogP contribution in [0.4, 0.5) is 0 Å². The molecule has 0 spiro atoms. The summed E-state index contributed by atoms with van der Waals surface area (Å²) in [5, 5.41) is 30.8. The van der Waals surface area contributed by atoms with Crippen molar-refractivity contribution in [3.63, 3.8) is 0 Å². The van der Waals surface area contributed by atoms with Crippen molar-refractivity contribution in [3.05, 3.63) is 36.1 Å². The van der Waals surface area contributed by atoms with Gasteiger partial charge in [-0.15, -0.1) is 0 Å². The van der Waals surface area contributed by atoms with Gasteiger partial charge in [0.15, 0.2) is 5.76 Å². The molecule has 1 saturated heterocycles. The summed E-state index contributed by atoms with van der Waals surface area (Å²) in [5.74, 6) is -0.352. The molecule has 0 bridgehead atoms. The van der Waals surface area contributed by atoms with E-state index in [1.54, 1.807) is 37.3 Å². The van der Waals surface area contributed by atoms with Crippen LogP contribution in [-0.4, -0.2) is 54.1 Å². The number of esters is 1. The number of aromatic hydroxyl groups is 1.